The minimum absolute atomic E-state index is 0.482. The number of hydrogen-bond acceptors (Lipinski definition) is 2. The number of halogens is 2. The predicted octanol–water partition coefficient (Wildman–Crippen LogP) is 5.95. The van der Waals surface area contributed by atoms with Crippen molar-refractivity contribution in [2.75, 3.05) is 13.2 Å². The fourth-order valence-electron chi connectivity index (χ4n) is 3.86. The summed E-state index contributed by atoms with van der Waals surface area (Å²) in [5, 5.41) is 8.72. The lowest BCUT2D eigenvalue weighted by Crippen LogP contribution is -2.15. The number of nitriles is 1. The number of rotatable bonds is 10. The fourth-order valence-corrected chi connectivity index (χ4v) is 3.86. The number of ether oxygens (including phenoxy) is 1. The van der Waals surface area contributed by atoms with Crippen molar-refractivity contribution in [1.29, 1.82) is 5.26 Å². The summed E-state index contributed by atoms with van der Waals surface area (Å²) in [6.07, 6.45) is 12.0. The van der Waals surface area contributed by atoms with E-state index in [2.05, 4.69) is 6.58 Å². The second-order valence-corrected chi connectivity index (χ2v) is 7.33. The Hall–Kier alpha value is -1.73. The average molecular weight is 361 g/mol. The Morgan fingerprint density at radius 2 is 1.69 bits per heavy atom. The van der Waals surface area contributed by atoms with Crippen LogP contribution in [0, 0.1) is 34.8 Å². The zero-order valence-electron chi connectivity index (χ0n) is 15.5. The van der Waals surface area contributed by atoms with Crippen LogP contribution in [-0.4, -0.2) is 13.2 Å². The maximum atomic E-state index is 13.7. The van der Waals surface area contributed by atoms with Gasteiger partial charge in [-0.25, -0.2) is 8.78 Å². The lowest BCUT2D eigenvalue weighted by Gasteiger charge is -2.28. The maximum absolute atomic E-state index is 13.7. The second-order valence-electron chi connectivity index (χ2n) is 7.33. The molecule has 0 atom stereocenters. The number of unbranched alkanes of at least 4 members (excludes halogenated alkanes) is 1. The Labute approximate surface area is 155 Å². The molecule has 2 nitrogen and oxygen atoms in total. The van der Waals surface area contributed by atoms with Gasteiger partial charge in [0, 0.05) is 6.61 Å². The molecule has 26 heavy (non-hydrogen) atoms. The van der Waals surface area contributed by atoms with Crippen molar-refractivity contribution in [3.8, 4) is 6.07 Å². The normalized spacial score (nSPS) is 19.9. The minimum Gasteiger partial charge on any atom is -0.377 e. The minimum atomic E-state index is -0.747. The van der Waals surface area contributed by atoms with E-state index in [9.17, 15) is 8.78 Å². The summed E-state index contributed by atoms with van der Waals surface area (Å²) in [6.45, 7) is 5.09. The van der Waals surface area contributed by atoms with E-state index >= 15 is 0 Å². The van der Waals surface area contributed by atoms with Crippen LogP contribution < -0.4 is 0 Å². The first-order valence-corrected chi connectivity index (χ1v) is 9.70. The monoisotopic (exact) mass is 361 g/mol. The third-order valence-electron chi connectivity index (χ3n) is 5.41. The molecule has 0 heterocycles. The number of aryl methyl sites for hydroxylation is 1. The highest BCUT2D eigenvalue weighted by molar-refractivity contribution is 5.35. The van der Waals surface area contributed by atoms with Gasteiger partial charge in [0.2, 0.25) is 0 Å². The number of hydrogen-bond donors (Lipinski definition) is 0. The molecule has 1 fully saturated rings. The van der Waals surface area contributed by atoms with E-state index in [-0.39, 0.29) is 0 Å². The number of benzene rings is 1. The zero-order valence-corrected chi connectivity index (χ0v) is 15.5. The van der Waals surface area contributed by atoms with E-state index in [0.717, 1.165) is 25.4 Å². The molecule has 1 aliphatic carbocycles. The Morgan fingerprint density at radius 1 is 1.08 bits per heavy atom. The number of nitrogens with zero attached hydrogens (tertiary/aromatic N) is 1. The lowest BCUT2D eigenvalue weighted by molar-refractivity contribution is 0.153. The predicted molar refractivity (Wildman–Crippen MR) is 99.7 cm³/mol. The summed E-state index contributed by atoms with van der Waals surface area (Å²) < 4.78 is 32.7. The van der Waals surface area contributed by atoms with E-state index in [0.29, 0.717) is 24.5 Å². The van der Waals surface area contributed by atoms with Crippen LogP contribution in [0.4, 0.5) is 8.78 Å². The van der Waals surface area contributed by atoms with Gasteiger partial charge in [0.15, 0.2) is 0 Å². The van der Waals surface area contributed by atoms with Gasteiger partial charge in [0.1, 0.15) is 23.3 Å². The third-order valence-corrected chi connectivity index (χ3v) is 5.41. The molecule has 0 unspecified atom stereocenters. The van der Waals surface area contributed by atoms with Crippen molar-refractivity contribution < 1.29 is 13.5 Å². The van der Waals surface area contributed by atoms with Crippen LogP contribution in [0.25, 0.3) is 0 Å². The van der Waals surface area contributed by atoms with Gasteiger partial charge >= 0.3 is 0 Å². The highest BCUT2D eigenvalue weighted by Gasteiger charge is 2.21. The van der Waals surface area contributed by atoms with Crippen molar-refractivity contribution in [2.45, 2.75) is 57.8 Å². The van der Waals surface area contributed by atoms with E-state index in [1.54, 1.807) is 12.1 Å². The van der Waals surface area contributed by atoms with E-state index in [4.69, 9.17) is 10.00 Å². The van der Waals surface area contributed by atoms with Crippen molar-refractivity contribution in [3.05, 3.63) is 47.5 Å². The first-order chi connectivity index (χ1) is 12.6. The summed E-state index contributed by atoms with van der Waals surface area (Å²) in [7, 11) is 0. The zero-order chi connectivity index (χ0) is 18.8. The summed E-state index contributed by atoms with van der Waals surface area (Å²) in [5.41, 5.74) is 0.171. The SMILES string of the molecule is C=CCOCCCCC1CCC(CCc2cc(F)c(C#N)c(F)c2)CC1. The van der Waals surface area contributed by atoms with Gasteiger partial charge in [0.05, 0.1) is 6.61 Å². The molecule has 4 heteroatoms. The van der Waals surface area contributed by atoms with Gasteiger partial charge < -0.3 is 4.74 Å². The third kappa shape index (κ3) is 6.53. The van der Waals surface area contributed by atoms with Gasteiger partial charge in [-0.1, -0.05) is 44.6 Å². The van der Waals surface area contributed by atoms with E-state index < -0.39 is 17.2 Å². The van der Waals surface area contributed by atoms with Crippen LogP contribution in [0.5, 0.6) is 0 Å². The first kappa shape index (κ1) is 20.6. The molecule has 0 saturated heterocycles. The Morgan fingerprint density at radius 3 is 2.27 bits per heavy atom. The quantitative estimate of drug-likeness (QED) is 0.381. The van der Waals surface area contributed by atoms with Crippen LogP contribution in [0.15, 0.2) is 24.8 Å². The molecule has 1 aromatic rings. The molecule has 0 aliphatic heterocycles. The molecule has 0 N–H and O–H groups in total. The second kappa shape index (κ2) is 11.1. The van der Waals surface area contributed by atoms with Crippen molar-refractivity contribution in [3.63, 3.8) is 0 Å². The standard InChI is InChI=1S/C22H29F2NO/c1-2-12-26-13-4-3-5-17-6-8-18(9-7-17)10-11-19-14-21(23)20(16-25)22(24)15-19/h2,14-15,17-18H,1,3-13H2. The molecule has 0 aromatic heterocycles. The largest absolute Gasteiger partial charge is 0.377 e. The molecule has 0 bridgehead atoms. The van der Waals surface area contributed by atoms with Gasteiger partial charge in [-0.3, -0.25) is 0 Å². The van der Waals surface area contributed by atoms with Crippen LogP contribution in [0.1, 0.15) is 62.5 Å². The van der Waals surface area contributed by atoms with E-state index in [1.165, 1.54) is 50.7 Å². The molecular formula is C22H29F2NO. The highest BCUT2D eigenvalue weighted by Crippen LogP contribution is 2.34. The average Bonchev–Trinajstić information content (AvgIpc) is 2.63. The van der Waals surface area contributed by atoms with E-state index in [1.807, 2.05) is 0 Å². The molecule has 1 saturated carbocycles. The Bertz CT molecular complexity index is 592. The van der Waals surface area contributed by atoms with Crippen LogP contribution >= 0.6 is 0 Å². The molecule has 0 radical (unpaired) electrons. The van der Waals surface area contributed by atoms with Crippen molar-refractivity contribution in [1.82, 2.24) is 0 Å². The summed E-state index contributed by atoms with van der Waals surface area (Å²) in [4.78, 5) is 0. The molecule has 142 valence electrons. The van der Waals surface area contributed by atoms with Gasteiger partial charge in [-0.2, -0.15) is 5.26 Å². The lowest BCUT2D eigenvalue weighted by atomic mass is 9.78. The maximum Gasteiger partial charge on any atom is 0.144 e. The summed E-state index contributed by atoms with van der Waals surface area (Å²) in [5.74, 6) is -0.0362. The molecule has 0 spiro atoms. The van der Waals surface area contributed by atoms with Crippen LogP contribution in [0.2, 0.25) is 0 Å². The van der Waals surface area contributed by atoms with Crippen LogP contribution in [-0.2, 0) is 11.2 Å². The molecule has 1 aromatic carbocycles. The Kier molecular flexibility index (Phi) is 8.77. The summed E-state index contributed by atoms with van der Waals surface area (Å²) in [6, 6.07) is 4.18. The molecular weight excluding hydrogens is 332 g/mol. The van der Waals surface area contributed by atoms with Crippen molar-refractivity contribution in [2.24, 2.45) is 11.8 Å². The van der Waals surface area contributed by atoms with Crippen LogP contribution in [0.3, 0.4) is 0 Å². The Balaban J connectivity index is 1.65. The summed E-state index contributed by atoms with van der Waals surface area (Å²) >= 11 is 0. The smallest absolute Gasteiger partial charge is 0.144 e. The fraction of sp³-hybridized carbons (Fsp3) is 0.591. The highest BCUT2D eigenvalue weighted by atomic mass is 19.1. The molecule has 2 rings (SSSR count). The topological polar surface area (TPSA) is 33.0 Å². The van der Waals surface area contributed by atoms with Crippen molar-refractivity contribution >= 4 is 0 Å². The van der Waals surface area contributed by atoms with Gasteiger partial charge in [0.25, 0.3) is 0 Å². The molecule has 1 aliphatic rings. The van der Waals surface area contributed by atoms with Gasteiger partial charge in [-0.15, -0.1) is 6.58 Å². The molecule has 0 amide bonds. The van der Waals surface area contributed by atoms with Gasteiger partial charge in [-0.05, 0) is 48.8 Å². The first-order valence-electron chi connectivity index (χ1n) is 9.70.